The van der Waals surface area contributed by atoms with Crippen LogP contribution in [0.1, 0.15) is 11.8 Å². The van der Waals surface area contributed by atoms with Crippen LogP contribution in [0.3, 0.4) is 0 Å². The Balaban J connectivity index is 1.87. The maximum absolute atomic E-state index is 12.2. The first-order valence-electron chi connectivity index (χ1n) is 8.42. The van der Waals surface area contributed by atoms with E-state index >= 15 is 0 Å². The fourth-order valence-corrected chi connectivity index (χ4v) is 3.18. The van der Waals surface area contributed by atoms with E-state index in [1.807, 2.05) is 31.2 Å². The lowest BCUT2D eigenvalue weighted by molar-refractivity contribution is -0.0501. The molecule has 0 radical (unpaired) electrons. The fraction of sp³-hybridized carbons (Fsp3) is 0.353. The number of anilines is 2. The molecule has 4 rings (SSSR count). The average Bonchev–Trinajstić information content (AvgIpc) is 3.16. The van der Waals surface area contributed by atoms with Crippen LogP contribution in [0.25, 0.3) is 11.2 Å². The minimum absolute atomic E-state index is 0.0614. The zero-order chi connectivity index (χ0) is 19.1. The monoisotopic (exact) mass is 373 g/mol. The Kier molecular flexibility index (Phi) is 4.40. The van der Waals surface area contributed by atoms with Crippen molar-refractivity contribution >= 4 is 22.8 Å². The molecule has 0 aliphatic carbocycles. The van der Waals surface area contributed by atoms with Crippen molar-refractivity contribution in [3.63, 3.8) is 0 Å². The topological polar surface area (TPSA) is 146 Å². The van der Waals surface area contributed by atoms with Gasteiger partial charge in [0.1, 0.15) is 18.3 Å². The molecule has 0 amide bonds. The van der Waals surface area contributed by atoms with Crippen molar-refractivity contribution in [2.75, 3.05) is 11.9 Å². The molecule has 4 atom stereocenters. The van der Waals surface area contributed by atoms with Crippen LogP contribution in [0.5, 0.6) is 0 Å². The van der Waals surface area contributed by atoms with Crippen molar-refractivity contribution in [2.45, 2.75) is 31.5 Å². The van der Waals surface area contributed by atoms with Gasteiger partial charge in [0.25, 0.3) is 5.56 Å². The number of aliphatic hydroxyl groups excluding tert-OH is 3. The summed E-state index contributed by atoms with van der Waals surface area (Å²) in [5.41, 5.74) is 1.49. The van der Waals surface area contributed by atoms with Crippen molar-refractivity contribution in [2.24, 2.45) is 0 Å². The van der Waals surface area contributed by atoms with E-state index in [4.69, 9.17) is 4.74 Å². The number of hydrogen-bond acceptors (Lipinski definition) is 8. The number of aromatic nitrogens is 4. The number of benzene rings is 1. The fourth-order valence-electron chi connectivity index (χ4n) is 3.18. The van der Waals surface area contributed by atoms with Crippen molar-refractivity contribution < 1.29 is 20.1 Å². The Bertz CT molecular complexity index is 1030. The van der Waals surface area contributed by atoms with Gasteiger partial charge in [-0.3, -0.25) is 9.36 Å². The van der Waals surface area contributed by atoms with E-state index in [2.05, 4.69) is 20.3 Å². The van der Waals surface area contributed by atoms with Crippen LogP contribution < -0.4 is 10.9 Å². The van der Waals surface area contributed by atoms with E-state index in [1.165, 1.54) is 10.9 Å². The van der Waals surface area contributed by atoms with Gasteiger partial charge in [-0.25, -0.2) is 9.97 Å². The van der Waals surface area contributed by atoms with Gasteiger partial charge in [0, 0.05) is 5.69 Å². The number of aromatic amines is 1. The molecule has 1 fully saturated rings. The van der Waals surface area contributed by atoms with Crippen LogP contribution in [-0.4, -0.2) is 59.8 Å². The van der Waals surface area contributed by atoms with E-state index < -0.39 is 36.7 Å². The van der Waals surface area contributed by atoms with Crippen LogP contribution in [0.15, 0.2) is 35.4 Å². The molecule has 1 aliphatic rings. The highest BCUT2D eigenvalue weighted by atomic mass is 16.6. The molecule has 10 nitrogen and oxygen atoms in total. The summed E-state index contributed by atoms with van der Waals surface area (Å²) in [7, 11) is 0. The standard InChI is InChI=1S/C17H19N5O5/c1-8-4-2-3-5-9(8)20-17-21-11-14(18-7-19-15(11)26)22(17)16-13(25)12(24)10(6-23)27-16/h2-5,7,10,12-13,16,23-25H,6H2,1H3,(H,20,21)(H,18,19,26). The van der Waals surface area contributed by atoms with Gasteiger partial charge >= 0.3 is 0 Å². The van der Waals surface area contributed by atoms with Crippen LogP contribution >= 0.6 is 0 Å². The summed E-state index contributed by atoms with van der Waals surface area (Å²) in [5.74, 6) is 0.221. The highest BCUT2D eigenvalue weighted by Crippen LogP contribution is 2.34. The Morgan fingerprint density at radius 3 is 2.78 bits per heavy atom. The maximum atomic E-state index is 12.2. The first-order valence-corrected chi connectivity index (χ1v) is 8.42. The second-order valence-corrected chi connectivity index (χ2v) is 6.38. The molecule has 1 aliphatic heterocycles. The minimum Gasteiger partial charge on any atom is -0.394 e. The number of hydrogen-bond donors (Lipinski definition) is 5. The van der Waals surface area contributed by atoms with E-state index in [0.717, 1.165) is 11.3 Å². The van der Waals surface area contributed by atoms with Crippen molar-refractivity contribution in [1.29, 1.82) is 0 Å². The van der Waals surface area contributed by atoms with E-state index in [1.54, 1.807) is 0 Å². The van der Waals surface area contributed by atoms with Gasteiger partial charge in [0.15, 0.2) is 17.4 Å². The third-order valence-corrected chi connectivity index (χ3v) is 4.65. The molecule has 0 bridgehead atoms. The summed E-state index contributed by atoms with van der Waals surface area (Å²) < 4.78 is 7.03. The largest absolute Gasteiger partial charge is 0.394 e. The minimum atomic E-state index is -1.34. The Morgan fingerprint density at radius 2 is 2.07 bits per heavy atom. The predicted octanol–water partition coefficient (Wildman–Crippen LogP) is -0.217. The molecule has 142 valence electrons. The molecule has 3 aromatic rings. The lowest BCUT2D eigenvalue weighted by Gasteiger charge is -2.20. The van der Waals surface area contributed by atoms with Gasteiger partial charge < -0.3 is 30.4 Å². The van der Waals surface area contributed by atoms with Gasteiger partial charge in [0.05, 0.1) is 12.9 Å². The predicted molar refractivity (Wildman–Crippen MR) is 95.6 cm³/mol. The number of imidazole rings is 1. The number of rotatable bonds is 4. The number of para-hydroxylation sites is 1. The number of ether oxygens (including phenoxy) is 1. The highest BCUT2D eigenvalue weighted by Gasteiger charge is 2.45. The molecular weight excluding hydrogens is 354 g/mol. The summed E-state index contributed by atoms with van der Waals surface area (Å²) in [6.07, 6.45) is -3.44. The number of aryl methyl sites for hydroxylation is 1. The van der Waals surface area contributed by atoms with Crippen LogP contribution in [0.2, 0.25) is 0 Å². The maximum Gasteiger partial charge on any atom is 0.278 e. The van der Waals surface area contributed by atoms with Crippen molar-refractivity contribution in [3.05, 3.63) is 46.5 Å². The van der Waals surface area contributed by atoms with Gasteiger partial charge in [0.2, 0.25) is 5.95 Å². The molecule has 3 heterocycles. The van der Waals surface area contributed by atoms with Crippen LogP contribution in [0, 0.1) is 6.92 Å². The number of nitrogens with zero attached hydrogens (tertiary/aromatic N) is 3. The van der Waals surface area contributed by atoms with Crippen LogP contribution in [0.4, 0.5) is 11.6 Å². The molecule has 1 saturated heterocycles. The Labute approximate surface area is 153 Å². The highest BCUT2D eigenvalue weighted by molar-refractivity contribution is 5.75. The molecule has 1 aromatic carbocycles. The molecule has 0 spiro atoms. The molecular formula is C17H19N5O5. The first-order chi connectivity index (χ1) is 13.0. The Morgan fingerprint density at radius 1 is 1.30 bits per heavy atom. The number of H-pyrrole nitrogens is 1. The quantitative estimate of drug-likeness (QED) is 0.422. The van der Waals surface area contributed by atoms with Crippen LogP contribution in [-0.2, 0) is 4.74 Å². The van der Waals surface area contributed by atoms with Crippen molar-refractivity contribution in [3.8, 4) is 0 Å². The van der Waals surface area contributed by atoms with Gasteiger partial charge in [-0.2, -0.15) is 0 Å². The molecule has 0 saturated carbocycles. The first kappa shape index (κ1) is 17.6. The summed E-state index contributed by atoms with van der Waals surface area (Å²) in [6, 6.07) is 7.49. The number of aliphatic hydroxyl groups is 3. The average molecular weight is 373 g/mol. The number of nitrogens with one attached hydrogen (secondary N) is 2. The summed E-state index contributed by atoms with van der Waals surface area (Å²) in [6.45, 7) is 1.45. The molecule has 2 aromatic heterocycles. The third kappa shape index (κ3) is 2.88. The smallest absolute Gasteiger partial charge is 0.278 e. The van der Waals surface area contributed by atoms with Gasteiger partial charge in [-0.05, 0) is 18.6 Å². The summed E-state index contributed by atoms with van der Waals surface area (Å²) in [5, 5.41) is 33.0. The van der Waals surface area contributed by atoms with E-state index in [0.29, 0.717) is 0 Å². The van der Waals surface area contributed by atoms with Gasteiger partial charge in [-0.1, -0.05) is 18.2 Å². The second-order valence-electron chi connectivity index (χ2n) is 6.38. The molecule has 4 unspecified atom stereocenters. The van der Waals surface area contributed by atoms with E-state index in [-0.39, 0.29) is 17.1 Å². The molecule has 5 N–H and O–H groups in total. The summed E-state index contributed by atoms with van der Waals surface area (Å²) in [4.78, 5) is 23.1. The lowest BCUT2D eigenvalue weighted by Crippen LogP contribution is -2.33. The normalized spacial score (nSPS) is 25.2. The molecule has 27 heavy (non-hydrogen) atoms. The summed E-state index contributed by atoms with van der Waals surface area (Å²) >= 11 is 0. The second kappa shape index (κ2) is 6.74. The zero-order valence-electron chi connectivity index (χ0n) is 14.4. The van der Waals surface area contributed by atoms with E-state index in [9.17, 15) is 20.1 Å². The SMILES string of the molecule is Cc1ccccc1Nc1nc2c(=O)[nH]cnc2n1C1OC(CO)C(O)C1O. The lowest BCUT2D eigenvalue weighted by atomic mass is 10.1. The number of fused-ring (bicyclic) bond motifs is 1. The third-order valence-electron chi connectivity index (χ3n) is 4.65. The zero-order valence-corrected chi connectivity index (χ0v) is 14.4. The van der Waals surface area contributed by atoms with Gasteiger partial charge in [-0.15, -0.1) is 0 Å². The Hall–Kier alpha value is -2.79. The molecule has 10 heteroatoms. The van der Waals surface area contributed by atoms with Crippen molar-refractivity contribution in [1.82, 2.24) is 19.5 Å².